The first-order valence-electron chi connectivity index (χ1n) is 5.29. The van der Waals surface area contributed by atoms with Crippen LogP contribution < -0.4 is 5.32 Å². The number of urea groups is 1. The summed E-state index contributed by atoms with van der Waals surface area (Å²) in [5.41, 5.74) is -0.478. The Labute approximate surface area is 99.0 Å². The summed E-state index contributed by atoms with van der Waals surface area (Å²) < 4.78 is 0. The van der Waals surface area contributed by atoms with E-state index in [2.05, 4.69) is 5.32 Å². The van der Waals surface area contributed by atoms with Gasteiger partial charge in [-0.15, -0.1) is 0 Å². The molecular formula is C12H14N2O3. The van der Waals surface area contributed by atoms with Crippen molar-refractivity contribution in [2.45, 2.75) is 18.6 Å². The van der Waals surface area contributed by atoms with Gasteiger partial charge in [-0.1, -0.05) is 30.3 Å². The van der Waals surface area contributed by atoms with E-state index in [1.165, 1.54) is 7.05 Å². The maximum atomic E-state index is 12.0. The van der Waals surface area contributed by atoms with Crippen molar-refractivity contribution >= 4 is 11.9 Å². The second-order valence-corrected chi connectivity index (χ2v) is 4.31. The van der Waals surface area contributed by atoms with Gasteiger partial charge >= 0.3 is 6.03 Å². The summed E-state index contributed by atoms with van der Waals surface area (Å²) in [5.74, 6) is -0.487. The molecule has 5 heteroatoms. The largest absolute Gasteiger partial charge is 0.372 e. The minimum Gasteiger partial charge on any atom is -0.372 e. The number of rotatable bonds is 1. The van der Waals surface area contributed by atoms with E-state index in [1.807, 2.05) is 6.07 Å². The SMILES string of the molecule is CN1C(=O)NC(=O)C(C)(c2ccccc2)C1O. The number of carbonyl (C=O) groups is 2. The number of imide groups is 1. The average Bonchev–Trinajstić information content (AvgIpc) is 2.35. The number of carbonyl (C=O) groups excluding carboxylic acids is 2. The Hall–Kier alpha value is -1.88. The number of benzene rings is 1. The number of aliphatic hydroxyl groups excluding tert-OH is 1. The minimum atomic E-state index is -1.17. The maximum Gasteiger partial charge on any atom is 0.325 e. The first-order chi connectivity index (χ1) is 7.98. The van der Waals surface area contributed by atoms with Crippen molar-refractivity contribution < 1.29 is 14.7 Å². The van der Waals surface area contributed by atoms with Crippen LogP contribution in [0.1, 0.15) is 12.5 Å². The van der Waals surface area contributed by atoms with E-state index in [0.29, 0.717) is 5.56 Å². The zero-order chi connectivity index (χ0) is 12.6. The first kappa shape index (κ1) is 11.6. The monoisotopic (exact) mass is 234 g/mol. The smallest absolute Gasteiger partial charge is 0.325 e. The molecule has 2 atom stereocenters. The van der Waals surface area contributed by atoms with Crippen molar-refractivity contribution in [1.29, 1.82) is 0 Å². The Kier molecular flexibility index (Phi) is 2.63. The molecule has 2 rings (SSSR count). The summed E-state index contributed by atoms with van der Waals surface area (Å²) in [6, 6.07) is 8.33. The average molecular weight is 234 g/mol. The Balaban J connectivity index is 2.48. The summed E-state index contributed by atoms with van der Waals surface area (Å²) in [7, 11) is 1.45. The lowest BCUT2D eigenvalue weighted by Crippen LogP contribution is -2.66. The zero-order valence-electron chi connectivity index (χ0n) is 9.68. The van der Waals surface area contributed by atoms with Gasteiger partial charge in [0.05, 0.1) is 0 Å². The fraction of sp³-hybridized carbons (Fsp3) is 0.333. The van der Waals surface area contributed by atoms with Crippen molar-refractivity contribution in [3.63, 3.8) is 0 Å². The molecule has 17 heavy (non-hydrogen) atoms. The number of nitrogens with one attached hydrogen (secondary N) is 1. The lowest BCUT2D eigenvalue weighted by Gasteiger charge is -2.42. The van der Waals surface area contributed by atoms with E-state index >= 15 is 0 Å². The standard InChI is InChI=1S/C12H14N2O3/c1-12(8-6-4-3-5-7-8)9(15)13-11(17)14(2)10(12)16/h3-7,10,16H,1-2H3,(H,13,15,17). The molecule has 0 aromatic heterocycles. The van der Waals surface area contributed by atoms with Crippen LogP contribution in [0.2, 0.25) is 0 Å². The highest BCUT2D eigenvalue weighted by molar-refractivity contribution is 6.03. The van der Waals surface area contributed by atoms with Crippen LogP contribution in [-0.2, 0) is 10.2 Å². The molecule has 3 amide bonds. The van der Waals surface area contributed by atoms with Gasteiger partial charge in [0, 0.05) is 7.05 Å². The zero-order valence-corrected chi connectivity index (χ0v) is 9.68. The Morgan fingerprint density at radius 2 is 1.88 bits per heavy atom. The van der Waals surface area contributed by atoms with E-state index < -0.39 is 23.6 Å². The van der Waals surface area contributed by atoms with Crippen molar-refractivity contribution in [2.24, 2.45) is 0 Å². The molecule has 5 nitrogen and oxygen atoms in total. The van der Waals surface area contributed by atoms with Crippen LogP contribution in [0.15, 0.2) is 30.3 Å². The molecule has 2 N–H and O–H groups in total. The summed E-state index contributed by atoms with van der Waals surface area (Å²) in [6.07, 6.45) is -1.17. The molecule has 1 aliphatic rings. The second kappa shape index (κ2) is 3.85. The van der Waals surface area contributed by atoms with E-state index in [0.717, 1.165) is 4.90 Å². The topological polar surface area (TPSA) is 69.6 Å². The van der Waals surface area contributed by atoms with Gasteiger partial charge in [0.25, 0.3) is 0 Å². The highest BCUT2D eigenvalue weighted by Crippen LogP contribution is 2.31. The molecule has 1 fully saturated rings. The van der Waals surface area contributed by atoms with Crippen molar-refractivity contribution in [3.8, 4) is 0 Å². The predicted molar refractivity (Wildman–Crippen MR) is 61.1 cm³/mol. The van der Waals surface area contributed by atoms with Crippen LogP contribution in [0, 0.1) is 0 Å². The van der Waals surface area contributed by atoms with Gasteiger partial charge in [0.15, 0.2) is 0 Å². The fourth-order valence-electron chi connectivity index (χ4n) is 2.00. The van der Waals surface area contributed by atoms with Crippen molar-refractivity contribution in [2.75, 3.05) is 7.05 Å². The summed E-state index contributed by atoms with van der Waals surface area (Å²) >= 11 is 0. The Morgan fingerprint density at radius 3 is 2.47 bits per heavy atom. The fourth-order valence-corrected chi connectivity index (χ4v) is 2.00. The molecule has 1 heterocycles. The number of likely N-dealkylation sites (N-methyl/N-ethyl adjacent to an activating group) is 1. The third-order valence-electron chi connectivity index (χ3n) is 3.27. The number of hydrogen-bond donors (Lipinski definition) is 2. The Bertz CT molecular complexity index is 460. The molecular weight excluding hydrogens is 220 g/mol. The van der Waals surface area contributed by atoms with Gasteiger partial charge in [-0.3, -0.25) is 10.1 Å². The van der Waals surface area contributed by atoms with Gasteiger partial charge in [-0.05, 0) is 12.5 Å². The lowest BCUT2D eigenvalue weighted by atomic mass is 9.78. The number of hydrogen-bond acceptors (Lipinski definition) is 3. The third kappa shape index (κ3) is 1.59. The molecule has 1 saturated heterocycles. The van der Waals surface area contributed by atoms with Crippen LogP contribution in [0.4, 0.5) is 4.79 Å². The molecule has 0 aliphatic carbocycles. The number of aliphatic hydroxyl groups is 1. The summed E-state index contributed by atoms with van der Waals surface area (Å²) in [5, 5.41) is 12.4. The molecule has 0 radical (unpaired) electrons. The number of amides is 3. The third-order valence-corrected chi connectivity index (χ3v) is 3.27. The number of nitrogens with zero attached hydrogens (tertiary/aromatic N) is 1. The molecule has 0 spiro atoms. The summed E-state index contributed by atoms with van der Waals surface area (Å²) in [6.45, 7) is 1.62. The molecule has 0 bridgehead atoms. The van der Waals surface area contributed by atoms with Crippen molar-refractivity contribution in [3.05, 3.63) is 35.9 Å². The van der Waals surface area contributed by atoms with Gasteiger partial charge < -0.3 is 10.0 Å². The molecule has 1 aromatic carbocycles. The van der Waals surface area contributed by atoms with Gasteiger partial charge in [0.2, 0.25) is 5.91 Å². The quantitative estimate of drug-likeness (QED) is 0.741. The minimum absolute atomic E-state index is 0.487. The second-order valence-electron chi connectivity index (χ2n) is 4.31. The lowest BCUT2D eigenvalue weighted by molar-refractivity contribution is -0.138. The van der Waals surface area contributed by atoms with Crippen LogP contribution in [0.25, 0.3) is 0 Å². The highest BCUT2D eigenvalue weighted by Gasteiger charge is 2.49. The van der Waals surface area contributed by atoms with E-state index in [-0.39, 0.29) is 0 Å². The summed E-state index contributed by atoms with van der Waals surface area (Å²) in [4.78, 5) is 24.5. The van der Waals surface area contributed by atoms with E-state index in [9.17, 15) is 14.7 Å². The highest BCUT2D eigenvalue weighted by atomic mass is 16.3. The van der Waals surface area contributed by atoms with Crippen LogP contribution >= 0.6 is 0 Å². The van der Waals surface area contributed by atoms with Crippen molar-refractivity contribution in [1.82, 2.24) is 10.2 Å². The van der Waals surface area contributed by atoms with E-state index in [1.54, 1.807) is 31.2 Å². The Morgan fingerprint density at radius 1 is 1.29 bits per heavy atom. The van der Waals surface area contributed by atoms with E-state index in [4.69, 9.17) is 0 Å². The van der Waals surface area contributed by atoms with Gasteiger partial charge in [0.1, 0.15) is 11.6 Å². The first-order valence-corrected chi connectivity index (χ1v) is 5.29. The van der Waals surface area contributed by atoms with Gasteiger partial charge in [-0.25, -0.2) is 4.79 Å². The van der Waals surface area contributed by atoms with Crippen LogP contribution in [0.3, 0.4) is 0 Å². The molecule has 1 aromatic rings. The molecule has 2 unspecified atom stereocenters. The maximum absolute atomic E-state index is 12.0. The molecule has 0 saturated carbocycles. The molecule has 1 aliphatic heterocycles. The predicted octanol–water partition coefficient (Wildman–Crippen LogP) is 0.444. The normalized spacial score (nSPS) is 29.1. The van der Waals surface area contributed by atoms with Crippen LogP contribution in [-0.4, -0.2) is 35.2 Å². The van der Waals surface area contributed by atoms with Crippen LogP contribution in [0.5, 0.6) is 0 Å². The molecule has 90 valence electrons. The van der Waals surface area contributed by atoms with Gasteiger partial charge in [-0.2, -0.15) is 0 Å².